The lowest BCUT2D eigenvalue weighted by Crippen LogP contribution is -2.11. The topological polar surface area (TPSA) is 64.1 Å². The van der Waals surface area contributed by atoms with Crippen LogP contribution >= 0.6 is 0 Å². The van der Waals surface area contributed by atoms with Crippen LogP contribution in [0.2, 0.25) is 0 Å². The standard InChI is InChI=1S/C8H13N3/c9-6-5-7-3-1-2-4-8(7)11-10/h1-4,11H,5-6,9-10H2. The number of para-hydroxylation sites is 1. The third-order valence-corrected chi connectivity index (χ3v) is 1.59. The van der Waals surface area contributed by atoms with E-state index < -0.39 is 0 Å². The Hall–Kier alpha value is -1.06. The number of hydrogen-bond acceptors (Lipinski definition) is 3. The highest BCUT2D eigenvalue weighted by Gasteiger charge is 1.96. The van der Waals surface area contributed by atoms with Crippen molar-refractivity contribution in [2.24, 2.45) is 11.6 Å². The molecule has 0 atom stereocenters. The second-order valence-electron chi connectivity index (χ2n) is 2.34. The number of anilines is 1. The van der Waals surface area contributed by atoms with E-state index in [1.54, 1.807) is 0 Å². The van der Waals surface area contributed by atoms with Crippen molar-refractivity contribution in [1.29, 1.82) is 0 Å². The lowest BCUT2D eigenvalue weighted by Gasteiger charge is -2.05. The van der Waals surface area contributed by atoms with Gasteiger partial charge in [0.1, 0.15) is 0 Å². The fourth-order valence-corrected chi connectivity index (χ4v) is 1.03. The van der Waals surface area contributed by atoms with E-state index in [-0.39, 0.29) is 0 Å². The Morgan fingerprint density at radius 2 is 2.00 bits per heavy atom. The first kappa shape index (κ1) is 8.04. The number of nitrogen functional groups attached to an aromatic ring is 1. The van der Waals surface area contributed by atoms with Crippen LogP contribution in [0.1, 0.15) is 5.56 Å². The predicted octanol–water partition coefficient (Wildman–Crippen LogP) is 0.473. The molecule has 0 unspecified atom stereocenters. The Bertz CT molecular complexity index is 222. The predicted molar refractivity (Wildman–Crippen MR) is 47.0 cm³/mol. The smallest absolute Gasteiger partial charge is 0.0517 e. The Kier molecular flexibility index (Phi) is 2.89. The fourth-order valence-electron chi connectivity index (χ4n) is 1.03. The average molecular weight is 151 g/mol. The molecule has 1 aromatic rings. The summed E-state index contributed by atoms with van der Waals surface area (Å²) in [7, 11) is 0. The normalized spacial score (nSPS) is 9.64. The molecule has 3 nitrogen and oxygen atoms in total. The number of nitrogens with two attached hydrogens (primary N) is 2. The van der Waals surface area contributed by atoms with Crippen LogP contribution in [0.5, 0.6) is 0 Å². The molecular weight excluding hydrogens is 138 g/mol. The van der Waals surface area contributed by atoms with Crippen LogP contribution in [0.3, 0.4) is 0 Å². The zero-order valence-electron chi connectivity index (χ0n) is 6.38. The molecule has 5 N–H and O–H groups in total. The van der Waals surface area contributed by atoms with Gasteiger partial charge in [-0.15, -0.1) is 0 Å². The molecule has 11 heavy (non-hydrogen) atoms. The number of hydrazine groups is 1. The van der Waals surface area contributed by atoms with Gasteiger partial charge in [0.2, 0.25) is 0 Å². The molecule has 3 heteroatoms. The lowest BCUT2D eigenvalue weighted by atomic mass is 10.1. The van der Waals surface area contributed by atoms with E-state index in [4.69, 9.17) is 11.6 Å². The van der Waals surface area contributed by atoms with Crippen LogP contribution in [-0.2, 0) is 6.42 Å². The van der Waals surface area contributed by atoms with Crippen molar-refractivity contribution in [2.45, 2.75) is 6.42 Å². The Balaban J connectivity index is 2.83. The maximum Gasteiger partial charge on any atom is 0.0517 e. The van der Waals surface area contributed by atoms with Crippen molar-refractivity contribution in [2.75, 3.05) is 12.0 Å². The highest BCUT2D eigenvalue weighted by molar-refractivity contribution is 5.49. The number of rotatable bonds is 3. The van der Waals surface area contributed by atoms with Crippen LogP contribution in [0.15, 0.2) is 24.3 Å². The molecule has 0 fully saturated rings. The van der Waals surface area contributed by atoms with E-state index >= 15 is 0 Å². The van der Waals surface area contributed by atoms with Crippen LogP contribution in [0, 0.1) is 0 Å². The summed E-state index contributed by atoms with van der Waals surface area (Å²) in [6, 6.07) is 7.87. The van der Waals surface area contributed by atoms with Gasteiger partial charge in [0.15, 0.2) is 0 Å². The summed E-state index contributed by atoms with van der Waals surface area (Å²) in [5.74, 6) is 5.29. The molecule has 0 aliphatic carbocycles. The van der Waals surface area contributed by atoms with Crippen LogP contribution in [0.25, 0.3) is 0 Å². The summed E-state index contributed by atoms with van der Waals surface area (Å²) in [5.41, 5.74) is 10.2. The summed E-state index contributed by atoms with van der Waals surface area (Å²) in [5, 5.41) is 0. The van der Waals surface area contributed by atoms with Crippen molar-refractivity contribution in [1.82, 2.24) is 0 Å². The van der Waals surface area contributed by atoms with Gasteiger partial charge in [-0.05, 0) is 24.6 Å². The molecule has 0 amide bonds. The monoisotopic (exact) mass is 151 g/mol. The van der Waals surface area contributed by atoms with Gasteiger partial charge >= 0.3 is 0 Å². The number of nitrogens with one attached hydrogen (secondary N) is 1. The summed E-state index contributed by atoms with van der Waals surface area (Å²) >= 11 is 0. The van der Waals surface area contributed by atoms with Gasteiger partial charge in [0.25, 0.3) is 0 Å². The molecule has 0 saturated carbocycles. The van der Waals surface area contributed by atoms with E-state index in [1.165, 1.54) is 0 Å². The first-order valence-corrected chi connectivity index (χ1v) is 3.63. The molecule has 1 rings (SSSR count). The largest absolute Gasteiger partial charge is 0.330 e. The molecule has 0 bridgehead atoms. The second kappa shape index (κ2) is 3.95. The molecule has 1 aromatic carbocycles. The van der Waals surface area contributed by atoms with Crippen molar-refractivity contribution in [3.63, 3.8) is 0 Å². The Labute approximate surface area is 66.4 Å². The lowest BCUT2D eigenvalue weighted by molar-refractivity contribution is 0.968. The van der Waals surface area contributed by atoms with Gasteiger partial charge < -0.3 is 11.2 Å². The summed E-state index contributed by atoms with van der Waals surface area (Å²) in [6.45, 7) is 0.651. The maximum absolute atomic E-state index is 5.42. The Morgan fingerprint density at radius 3 is 2.64 bits per heavy atom. The molecule has 0 spiro atoms. The average Bonchev–Trinajstić information content (AvgIpc) is 2.06. The van der Waals surface area contributed by atoms with Gasteiger partial charge in [-0.3, -0.25) is 5.84 Å². The van der Waals surface area contributed by atoms with E-state index in [0.717, 1.165) is 17.7 Å². The van der Waals surface area contributed by atoms with E-state index in [0.29, 0.717) is 6.54 Å². The molecule has 0 aliphatic heterocycles. The molecule has 60 valence electrons. The van der Waals surface area contributed by atoms with E-state index in [2.05, 4.69) is 5.43 Å². The quantitative estimate of drug-likeness (QED) is 0.434. The van der Waals surface area contributed by atoms with Crippen molar-refractivity contribution < 1.29 is 0 Å². The van der Waals surface area contributed by atoms with Gasteiger partial charge in [-0.1, -0.05) is 18.2 Å². The summed E-state index contributed by atoms with van der Waals surface area (Å²) in [4.78, 5) is 0. The van der Waals surface area contributed by atoms with Gasteiger partial charge in [0.05, 0.1) is 5.69 Å². The van der Waals surface area contributed by atoms with Crippen molar-refractivity contribution in [3.8, 4) is 0 Å². The van der Waals surface area contributed by atoms with Crippen molar-refractivity contribution >= 4 is 5.69 Å². The molecule has 0 radical (unpaired) electrons. The first-order chi connectivity index (χ1) is 5.38. The SMILES string of the molecule is NCCc1ccccc1NN. The number of hydrogen-bond donors (Lipinski definition) is 3. The van der Waals surface area contributed by atoms with Crippen LogP contribution in [-0.4, -0.2) is 6.54 Å². The highest BCUT2D eigenvalue weighted by atomic mass is 15.2. The molecule has 0 aromatic heterocycles. The molecule has 0 heterocycles. The van der Waals surface area contributed by atoms with Gasteiger partial charge in [-0.2, -0.15) is 0 Å². The third-order valence-electron chi connectivity index (χ3n) is 1.59. The Morgan fingerprint density at radius 1 is 1.27 bits per heavy atom. The fraction of sp³-hybridized carbons (Fsp3) is 0.250. The summed E-state index contributed by atoms with van der Waals surface area (Å²) in [6.07, 6.45) is 0.861. The minimum atomic E-state index is 0.651. The third kappa shape index (κ3) is 1.93. The van der Waals surface area contributed by atoms with Gasteiger partial charge in [0, 0.05) is 0 Å². The second-order valence-corrected chi connectivity index (χ2v) is 2.34. The van der Waals surface area contributed by atoms with Gasteiger partial charge in [-0.25, -0.2) is 0 Å². The van der Waals surface area contributed by atoms with Crippen LogP contribution < -0.4 is 17.0 Å². The van der Waals surface area contributed by atoms with Crippen LogP contribution in [0.4, 0.5) is 5.69 Å². The zero-order valence-corrected chi connectivity index (χ0v) is 6.38. The van der Waals surface area contributed by atoms with E-state index in [1.807, 2.05) is 24.3 Å². The molecule has 0 saturated heterocycles. The highest BCUT2D eigenvalue weighted by Crippen LogP contribution is 2.12. The summed E-state index contributed by atoms with van der Waals surface area (Å²) < 4.78 is 0. The molecular formula is C8H13N3. The zero-order chi connectivity index (χ0) is 8.10. The minimum Gasteiger partial charge on any atom is -0.330 e. The van der Waals surface area contributed by atoms with Crippen molar-refractivity contribution in [3.05, 3.63) is 29.8 Å². The van der Waals surface area contributed by atoms with E-state index in [9.17, 15) is 0 Å². The maximum atomic E-state index is 5.42. The minimum absolute atomic E-state index is 0.651. The number of benzene rings is 1. The molecule has 0 aliphatic rings. The first-order valence-electron chi connectivity index (χ1n) is 3.63.